The smallest absolute Gasteiger partial charge is 0.258 e. The molecule has 3 aromatic rings. The van der Waals surface area contributed by atoms with Gasteiger partial charge in [-0.2, -0.15) is 0 Å². The third-order valence-corrected chi connectivity index (χ3v) is 6.44. The van der Waals surface area contributed by atoms with Crippen LogP contribution in [0.1, 0.15) is 29.3 Å². The van der Waals surface area contributed by atoms with E-state index in [1.54, 1.807) is 11.0 Å². The summed E-state index contributed by atoms with van der Waals surface area (Å²) < 4.78 is 0. The molecule has 0 saturated heterocycles. The number of hydrogen-bond acceptors (Lipinski definition) is 5. The predicted octanol–water partition coefficient (Wildman–Crippen LogP) is 4.10. The molecule has 2 amide bonds. The first-order valence-electron chi connectivity index (χ1n) is 11.6. The van der Waals surface area contributed by atoms with Gasteiger partial charge in [0, 0.05) is 41.6 Å². The Morgan fingerprint density at radius 2 is 1.94 bits per heavy atom. The average Bonchev–Trinajstić information content (AvgIpc) is 3.25. The van der Waals surface area contributed by atoms with Gasteiger partial charge in [-0.3, -0.25) is 9.59 Å². The number of amides is 2. The van der Waals surface area contributed by atoms with Gasteiger partial charge in [0.25, 0.3) is 5.91 Å². The number of anilines is 4. The van der Waals surface area contributed by atoms with E-state index in [0.717, 1.165) is 47.6 Å². The number of para-hydroxylation sites is 2. The van der Waals surface area contributed by atoms with Crippen molar-refractivity contribution in [3.05, 3.63) is 71.8 Å². The van der Waals surface area contributed by atoms with E-state index in [-0.39, 0.29) is 11.9 Å². The second-order valence-electron chi connectivity index (χ2n) is 8.82. The number of rotatable bonds is 4. The third-order valence-electron chi connectivity index (χ3n) is 6.44. The molecule has 1 unspecified atom stereocenters. The lowest BCUT2D eigenvalue weighted by molar-refractivity contribution is -0.118. The first-order chi connectivity index (χ1) is 16.5. The van der Waals surface area contributed by atoms with E-state index < -0.39 is 12.5 Å². The maximum absolute atomic E-state index is 13.7. The fourth-order valence-electron chi connectivity index (χ4n) is 4.67. The van der Waals surface area contributed by atoms with Gasteiger partial charge in [-0.1, -0.05) is 24.3 Å². The number of aliphatic hydroxyl groups is 1. The molecule has 0 aliphatic carbocycles. The Balaban J connectivity index is 1.53. The number of carbonyl (C=O) groups excluding carboxylic acids is 2. The summed E-state index contributed by atoms with van der Waals surface area (Å²) in [5.74, 6) is -0.653. The Labute approximate surface area is 198 Å². The lowest BCUT2D eigenvalue weighted by atomic mass is 9.98. The number of fused-ring (bicyclic) bond motifs is 2. The normalized spacial score (nSPS) is 16.5. The number of carbonyl (C=O) groups is 2. The second-order valence-corrected chi connectivity index (χ2v) is 8.82. The summed E-state index contributed by atoms with van der Waals surface area (Å²) >= 11 is 0. The van der Waals surface area contributed by atoms with Crippen molar-refractivity contribution >= 4 is 34.6 Å². The van der Waals surface area contributed by atoms with E-state index in [9.17, 15) is 14.7 Å². The third kappa shape index (κ3) is 4.22. The molecule has 0 radical (unpaired) electrons. The number of aliphatic hydroxyl groups excluding tert-OH is 1. The van der Waals surface area contributed by atoms with Gasteiger partial charge in [0.2, 0.25) is 5.91 Å². The largest absolute Gasteiger partial charge is 0.387 e. The average molecular weight is 457 g/mol. The van der Waals surface area contributed by atoms with Crippen molar-refractivity contribution in [2.75, 3.05) is 40.5 Å². The van der Waals surface area contributed by atoms with Crippen molar-refractivity contribution in [2.24, 2.45) is 0 Å². The Morgan fingerprint density at radius 1 is 1.09 bits per heavy atom. The van der Waals surface area contributed by atoms with Crippen LogP contribution in [0.25, 0.3) is 11.1 Å². The zero-order valence-electron chi connectivity index (χ0n) is 19.1. The van der Waals surface area contributed by atoms with Crippen LogP contribution in [0.2, 0.25) is 0 Å². The van der Waals surface area contributed by atoms with E-state index >= 15 is 0 Å². The van der Waals surface area contributed by atoms with Crippen LogP contribution in [-0.4, -0.2) is 42.7 Å². The summed E-state index contributed by atoms with van der Waals surface area (Å²) in [6, 6.07) is 19.6. The quantitative estimate of drug-likeness (QED) is 0.474. The Kier molecular flexibility index (Phi) is 5.94. The molecule has 0 aromatic heterocycles. The minimum Gasteiger partial charge on any atom is -0.387 e. The molecular formula is C27H28N4O3. The predicted molar refractivity (Wildman–Crippen MR) is 136 cm³/mol. The van der Waals surface area contributed by atoms with E-state index in [0.29, 0.717) is 17.8 Å². The summed E-state index contributed by atoms with van der Waals surface area (Å²) in [5, 5.41) is 18.9. The minimum absolute atomic E-state index is 0.132. The summed E-state index contributed by atoms with van der Waals surface area (Å²) in [4.78, 5) is 27.6. The van der Waals surface area contributed by atoms with Gasteiger partial charge in [-0.15, -0.1) is 0 Å². The van der Waals surface area contributed by atoms with E-state index in [2.05, 4.69) is 28.9 Å². The standard InChI is InChI=1S/C27H28N4O3/c1-17-11-13-31(25-5-3-2-4-23(25)29-17)27(34)20-6-8-21(24(15-20)30-26(33)16-32)18-7-9-22-19(14-18)10-12-28-22/h2-9,14-15,17,28-29,32H,10-13,16H2,1H3,(H,30,33). The molecule has 34 heavy (non-hydrogen) atoms. The molecular weight excluding hydrogens is 428 g/mol. The van der Waals surface area contributed by atoms with E-state index in [4.69, 9.17) is 0 Å². The molecule has 0 bridgehead atoms. The SMILES string of the molecule is CC1CCN(C(=O)c2ccc(-c3ccc4c(c3)CCN4)c(NC(=O)CO)c2)c2ccccc2N1. The van der Waals surface area contributed by atoms with Crippen LogP contribution >= 0.6 is 0 Å². The van der Waals surface area contributed by atoms with Crippen LogP contribution in [0.15, 0.2) is 60.7 Å². The van der Waals surface area contributed by atoms with Crippen molar-refractivity contribution in [1.82, 2.24) is 0 Å². The van der Waals surface area contributed by atoms with Crippen molar-refractivity contribution in [2.45, 2.75) is 25.8 Å². The fraction of sp³-hybridized carbons (Fsp3) is 0.259. The number of nitrogens with zero attached hydrogens (tertiary/aromatic N) is 1. The van der Waals surface area contributed by atoms with Crippen LogP contribution in [0.3, 0.4) is 0 Å². The molecule has 0 saturated carbocycles. The molecule has 2 aliphatic heterocycles. The molecule has 5 rings (SSSR count). The topological polar surface area (TPSA) is 93.7 Å². The first-order valence-corrected chi connectivity index (χ1v) is 11.6. The van der Waals surface area contributed by atoms with Gasteiger partial charge in [0.15, 0.2) is 0 Å². The minimum atomic E-state index is -0.630. The molecule has 7 heteroatoms. The highest BCUT2D eigenvalue weighted by molar-refractivity contribution is 6.09. The van der Waals surface area contributed by atoms with Gasteiger partial charge < -0.3 is 26.0 Å². The Bertz CT molecular complexity index is 1260. The van der Waals surface area contributed by atoms with Crippen LogP contribution in [0, 0.1) is 0 Å². The van der Waals surface area contributed by atoms with E-state index in [1.807, 2.05) is 48.5 Å². The highest BCUT2D eigenvalue weighted by Crippen LogP contribution is 2.35. The zero-order valence-corrected chi connectivity index (χ0v) is 19.1. The van der Waals surface area contributed by atoms with Crippen LogP contribution in [-0.2, 0) is 11.2 Å². The van der Waals surface area contributed by atoms with Crippen molar-refractivity contribution < 1.29 is 14.7 Å². The summed E-state index contributed by atoms with van der Waals surface area (Å²) in [6.07, 6.45) is 1.76. The summed E-state index contributed by atoms with van der Waals surface area (Å²) in [7, 11) is 0. The molecule has 2 aliphatic rings. The summed E-state index contributed by atoms with van der Waals surface area (Å²) in [6.45, 7) is 2.97. The molecule has 1 atom stereocenters. The van der Waals surface area contributed by atoms with Crippen LogP contribution in [0.5, 0.6) is 0 Å². The molecule has 3 aromatic carbocycles. The van der Waals surface area contributed by atoms with Crippen molar-refractivity contribution in [1.29, 1.82) is 0 Å². The Morgan fingerprint density at radius 3 is 2.79 bits per heavy atom. The van der Waals surface area contributed by atoms with Crippen LogP contribution < -0.4 is 20.9 Å². The van der Waals surface area contributed by atoms with Crippen molar-refractivity contribution in [3.8, 4) is 11.1 Å². The van der Waals surface area contributed by atoms with Gasteiger partial charge >= 0.3 is 0 Å². The molecule has 0 fully saturated rings. The Hall–Kier alpha value is -3.84. The molecule has 4 N–H and O–H groups in total. The maximum atomic E-state index is 13.7. The first kappa shape index (κ1) is 22.0. The monoisotopic (exact) mass is 456 g/mol. The maximum Gasteiger partial charge on any atom is 0.258 e. The van der Waals surface area contributed by atoms with E-state index in [1.165, 1.54) is 5.56 Å². The lowest BCUT2D eigenvalue weighted by Crippen LogP contribution is -2.32. The zero-order chi connectivity index (χ0) is 23.7. The summed E-state index contributed by atoms with van der Waals surface area (Å²) in [5.41, 5.74) is 6.85. The van der Waals surface area contributed by atoms with Crippen molar-refractivity contribution in [3.63, 3.8) is 0 Å². The highest BCUT2D eigenvalue weighted by atomic mass is 16.3. The molecule has 2 heterocycles. The second kappa shape index (κ2) is 9.19. The molecule has 0 spiro atoms. The molecule has 7 nitrogen and oxygen atoms in total. The highest BCUT2D eigenvalue weighted by Gasteiger charge is 2.25. The van der Waals surface area contributed by atoms with Gasteiger partial charge in [-0.05, 0) is 67.3 Å². The number of nitrogens with one attached hydrogen (secondary N) is 3. The number of benzene rings is 3. The fourth-order valence-corrected chi connectivity index (χ4v) is 4.67. The number of hydrogen-bond donors (Lipinski definition) is 4. The lowest BCUT2D eigenvalue weighted by Gasteiger charge is -2.23. The van der Waals surface area contributed by atoms with Gasteiger partial charge in [0.05, 0.1) is 11.4 Å². The van der Waals surface area contributed by atoms with Crippen LogP contribution in [0.4, 0.5) is 22.7 Å². The van der Waals surface area contributed by atoms with Gasteiger partial charge in [-0.25, -0.2) is 0 Å². The van der Waals surface area contributed by atoms with Gasteiger partial charge in [0.1, 0.15) is 6.61 Å². The molecule has 174 valence electrons.